The van der Waals surface area contributed by atoms with Gasteiger partial charge >= 0.3 is 0 Å². The van der Waals surface area contributed by atoms with Crippen LogP contribution < -0.4 is 5.32 Å². The zero-order valence-corrected chi connectivity index (χ0v) is 9.57. The Morgan fingerprint density at radius 1 is 1.50 bits per heavy atom. The molecule has 1 heterocycles. The van der Waals surface area contributed by atoms with E-state index in [1.165, 1.54) is 0 Å². The number of benzene rings is 1. The summed E-state index contributed by atoms with van der Waals surface area (Å²) < 4.78 is 1.94. The van der Waals surface area contributed by atoms with Crippen molar-refractivity contribution >= 4 is 17.3 Å². The number of rotatable bonds is 3. The lowest BCUT2D eigenvalue weighted by Gasteiger charge is -2.07. The second kappa shape index (κ2) is 4.45. The van der Waals surface area contributed by atoms with Crippen LogP contribution in [0, 0.1) is 0 Å². The number of nitrogens with zero attached hydrogens (tertiary/aromatic N) is 2. The summed E-state index contributed by atoms with van der Waals surface area (Å²) in [6, 6.07) is 5.03. The fourth-order valence-corrected chi connectivity index (χ4v) is 1.54. The summed E-state index contributed by atoms with van der Waals surface area (Å²) in [4.78, 5) is 4.02. The summed E-state index contributed by atoms with van der Waals surface area (Å²) in [5.74, 6) is 0.0905. The summed E-state index contributed by atoms with van der Waals surface area (Å²) in [6.45, 7) is 0.664. The van der Waals surface area contributed by atoms with Crippen molar-refractivity contribution in [2.75, 3.05) is 5.32 Å². The lowest BCUT2D eigenvalue weighted by atomic mass is 10.3. The van der Waals surface area contributed by atoms with Crippen LogP contribution in [0.15, 0.2) is 30.7 Å². The van der Waals surface area contributed by atoms with Gasteiger partial charge in [-0.2, -0.15) is 0 Å². The largest absolute Gasteiger partial charge is 0.506 e. The van der Waals surface area contributed by atoms with Crippen LogP contribution in [0.3, 0.4) is 0 Å². The maximum Gasteiger partial charge on any atom is 0.134 e. The third-order valence-corrected chi connectivity index (χ3v) is 2.64. The van der Waals surface area contributed by atoms with Crippen LogP contribution in [0.2, 0.25) is 5.02 Å². The van der Waals surface area contributed by atoms with E-state index in [0.29, 0.717) is 11.6 Å². The lowest BCUT2D eigenvalue weighted by Crippen LogP contribution is -2.03. The normalized spacial score (nSPS) is 10.4. The molecule has 2 N–H and O–H groups in total. The molecular formula is C11H12ClN3O. The molecule has 5 heteroatoms. The average Bonchev–Trinajstić information content (AvgIpc) is 2.66. The van der Waals surface area contributed by atoms with Gasteiger partial charge in [-0.05, 0) is 18.2 Å². The Morgan fingerprint density at radius 3 is 2.94 bits per heavy atom. The number of aromatic nitrogens is 2. The van der Waals surface area contributed by atoms with Crippen LogP contribution in [0.25, 0.3) is 0 Å². The Balaban J connectivity index is 2.05. The molecule has 0 bridgehead atoms. The van der Waals surface area contributed by atoms with E-state index in [9.17, 15) is 5.11 Å². The minimum absolute atomic E-state index is 0.0905. The molecule has 0 saturated heterocycles. The van der Waals surface area contributed by atoms with E-state index in [2.05, 4.69) is 10.3 Å². The van der Waals surface area contributed by atoms with Crippen LogP contribution >= 0.6 is 11.6 Å². The van der Waals surface area contributed by atoms with Gasteiger partial charge in [-0.25, -0.2) is 4.98 Å². The van der Waals surface area contributed by atoms with E-state index in [4.69, 9.17) is 11.6 Å². The maximum absolute atomic E-state index is 9.27. The van der Waals surface area contributed by atoms with Crippen molar-refractivity contribution in [3.05, 3.63) is 41.4 Å². The van der Waals surface area contributed by atoms with Gasteiger partial charge in [-0.15, -0.1) is 0 Å². The number of halogens is 1. The first kappa shape index (κ1) is 10.8. The molecule has 2 aromatic rings. The van der Waals surface area contributed by atoms with Crippen LogP contribution in [0.5, 0.6) is 5.75 Å². The highest BCUT2D eigenvalue weighted by molar-refractivity contribution is 6.32. The van der Waals surface area contributed by atoms with E-state index in [1.807, 2.05) is 11.6 Å². The van der Waals surface area contributed by atoms with Gasteiger partial charge in [0.25, 0.3) is 0 Å². The molecule has 0 fully saturated rings. The third-order valence-electron chi connectivity index (χ3n) is 2.34. The molecule has 0 aliphatic heterocycles. The second-order valence-electron chi connectivity index (χ2n) is 3.52. The molecular weight excluding hydrogens is 226 g/mol. The van der Waals surface area contributed by atoms with Crippen molar-refractivity contribution in [1.29, 1.82) is 0 Å². The van der Waals surface area contributed by atoms with Crippen molar-refractivity contribution in [2.45, 2.75) is 6.54 Å². The van der Waals surface area contributed by atoms with Gasteiger partial charge in [0, 0.05) is 18.9 Å². The number of anilines is 1. The van der Waals surface area contributed by atoms with Crippen molar-refractivity contribution in [3.63, 3.8) is 0 Å². The molecule has 84 valence electrons. The van der Waals surface area contributed by atoms with Crippen LogP contribution in [-0.2, 0) is 13.6 Å². The van der Waals surface area contributed by atoms with Crippen molar-refractivity contribution in [3.8, 4) is 5.75 Å². The summed E-state index contributed by atoms with van der Waals surface area (Å²) in [5, 5.41) is 12.8. The number of phenols is 1. The van der Waals surface area contributed by atoms with E-state index < -0.39 is 0 Å². The van der Waals surface area contributed by atoms with Gasteiger partial charge in [0.1, 0.15) is 5.75 Å². The summed E-state index contributed by atoms with van der Waals surface area (Å²) in [7, 11) is 1.94. The van der Waals surface area contributed by atoms with E-state index in [0.717, 1.165) is 11.4 Å². The predicted molar refractivity (Wildman–Crippen MR) is 63.7 cm³/mol. The number of aromatic hydroxyl groups is 1. The molecule has 0 amide bonds. The number of hydrogen-bond donors (Lipinski definition) is 2. The number of aryl methyl sites for hydroxylation is 1. The minimum Gasteiger partial charge on any atom is -0.506 e. The van der Waals surface area contributed by atoms with Crippen LogP contribution in [0.1, 0.15) is 5.69 Å². The quantitative estimate of drug-likeness (QED) is 0.806. The number of hydrogen-bond acceptors (Lipinski definition) is 3. The lowest BCUT2D eigenvalue weighted by molar-refractivity contribution is 0.475. The van der Waals surface area contributed by atoms with Gasteiger partial charge in [0.05, 0.1) is 23.6 Å². The van der Waals surface area contributed by atoms with Gasteiger partial charge in [0.2, 0.25) is 0 Å². The first-order chi connectivity index (χ1) is 7.66. The molecule has 0 spiro atoms. The molecule has 1 aromatic heterocycles. The Hall–Kier alpha value is -1.68. The highest BCUT2D eigenvalue weighted by Crippen LogP contribution is 2.26. The van der Waals surface area contributed by atoms with E-state index in [-0.39, 0.29) is 5.75 Å². The van der Waals surface area contributed by atoms with Gasteiger partial charge in [-0.3, -0.25) is 0 Å². The number of imidazole rings is 1. The molecule has 1 aromatic carbocycles. The smallest absolute Gasteiger partial charge is 0.134 e. The fraction of sp³-hybridized carbons (Fsp3) is 0.182. The molecule has 0 aliphatic carbocycles. The summed E-state index contributed by atoms with van der Waals surface area (Å²) in [5.41, 5.74) is 1.94. The molecule has 16 heavy (non-hydrogen) atoms. The molecule has 2 rings (SSSR count). The Kier molecular flexibility index (Phi) is 3.01. The molecule has 0 atom stereocenters. The third kappa shape index (κ3) is 2.28. The highest BCUT2D eigenvalue weighted by atomic mass is 35.5. The average molecular weight is 238 g/mol. The van der Waals surface area contributed by atoms with Crippen LogP contribution in [-0.4, -0.2) is 14.7 Å². The SMILES string of the molecule is Cn1cncc1CNc1ccc(O)c(Cl)c1. The Bertz CT molecular complexity index is 496. The molecule has 0 aliphatic rings. The number of nitrogens with one attached hydrogen (secondary N) is 1. The zero-order chi connectivity index (χ0) is 11.5. The maximum atomic E-state index is 9.27. The van der Waals surface area contributed by atoms with Crippen LogP contribution in [0.4, 0.5) is 5.69 Å². The molecule has 0 unspecified atom stereocenters. The molecule has 0 saturated carbocycles. The minimum atomic E-state index is 0.0905. The Morgan fingerprint density at radius 2 is 2.31 bits per heavy atom. The zero-order valence-electron chi connectivity index (χ0n) is 8.81. The highest BCUT2D eigenvalue weighted by Gasteiger charge is 2.01. The first-order valence-corrected chi connectivity index (χ1v) is 5.22. The van der Waals surface area contributed by atoms with Gasteiger partial charge in [0.15, 0.2) is 0 Å². The summed E-state index contributed by atoms with van der Waals surface area (Å²) in [6.07, 6.45) is 3.55. The summed E-state index contributed by atoms with van der Waals surface area (Å²) >= 11 is 5.80. The molecule has 0 radical (unpaired) electrons. The molecule has 4 nitrogen and oxygen atoms in total. The topological polar surface area (TPSA) is 50.1 Å². The Labute approximate surface area is 98.5 Å². The monoisotopic (exact) mass is 237 g/mol. The van der Waals surface area contributed by atoms with E-state index >= 15 is 0 Å². The van der Waals surface area contributed by atoms with Crippen molar-refractivity contribution < 1.29 is 5.11 Å². The number of phenolic OH excluding ortho intramolecular Hbond substituents is 1. The van der Waals surface area contributed by atoms with E-state index in [1.54, 1.807) is 30.7 Å². The van der Waals surface area contributed by atoms with Crippen molar-refractivity contribution in [2.24, 2.45) is 7.05 Å². The van der Waals surface area contributed by atoms with Gasteiger partial charge < -0.3 is 15.0 Å². The first-order valence-electron chi connectivity index (χ1n) is 4.84. The standard InChI is InChI=1S/C11H12ClN3O/c1-15-7-13-5-9(15)6-14-8-2-3-11(16)10(12)4-8/h2-5,7,14,16H,6H2,1H3. The fourth-order valence-electron chi connectivity index (χ4n) is 1.36. The predicted octanol–water partition coefficient (Wildman–Crippen LogP) is 2.39. The van der Waals surface area contributed by atoms with Crippen molar-refractivity contribution in [1.82, 2.24) is 9.55 Å². The van der Waals surface area contributed by atoms with Gasteiger partial charge in [-0.1, -0.05) is 11.6 Å². The second-order valence-corrected chi connectivity index (χ2v) is 3.92.